The summed E-state index contributed by atoms with van der Waals surface area (Å²) in [6.45, 7) is 7.69. The topological polar surface area (TPSA) is 136 Å². The number of hydrogen-bond donors (Lipinski definition) is 2. The highest BCUT2D eigenvalue weighted by molar-refractivity contribution is 7.13. The zero-order valence-electron chi connectivity index (χ0n) is 20.0. The Morgan fingerprint density at radius 3 is 2.50 bits per heavy atom. The fourth-order valence-corrected chi connectivity index (χ4v) is 4.39. The second-order valence-electron chi connectivity index (χ2n) is 8.88. The highest BCUT2D eigenvalue weighted by Crippen LogP contribution is 2.28. The van der Waals surface area contributed by atoms with Crippen LogP contribution in [0.3, 0.4) is 0 Å². The zero-order chi connectivity index (χ0) is 25.9. The van der Waals surface area contributed by atoms with E-state index in [1.165, 1.54) is 18.7 Å². The van der Waals surface area contributed by atoms with Gasteiger partial charge in [-0.1, -0.05) is 32.4 Å². The first-order valence-electron chi connectivity index (χ1n) is 10.9. The van der Waals surface area contributed by atoms with E-state index in [-0.39, 0.29) is 23.0 Å². The van der Waals surface area contributed by atoms with Crippen LogP contribution in [0, 0.1) is 0 Å². The molecule has 184 valence electrons. The summed E-state index contributed by atoms with van der Waals surface area (Å²) in [6.07, 6.45) is 7.56. The summed E-state index contributed by atoms with van der Waals surface area (Å²) in [5.41, 5.74) is 1.97. The quantitative estimate of drug-likeness (QED) is 0.378. The van der Waals surface area contributed by atoms with Crippen LogP contribution >= 0.6 is 22.9 Å². The minimum atomic E-state index is -0.456. The van der Waals surface area contributed by atoms with Gasteiger partial charge in [0.25, 0.3) is 11.8 Å². The SMILES string of the molecule is CC(NC(=O)c1cc(-c2ccncc2)ncn1)c1ncc(C(=O)Nc2ncc(Cl)c(C(C)(C)C)n2)s1. The first kappa shape index (κ1) is 25.3. The molecule has 0 aromatic carbocycles. The fraction of sp³-hybridized carbons (Fsp3) is 0.250. The molecule has 10 nitrogen and oxygen atoms in total. The number of thiazole rings is 1. The molecule has 36 heavy (non-hydrogen) atoms. The lowest BCUT2D eigenvalue weighted by atomic mass is 9.92. The molecule has 4 rings (SSSR count). The van der Waals surface area contributed by atoms with E-state index < -0.39 is 11.9 Å². The Kier molecular flexibility index (Phi) is 7.32. The van der Waals surface area contributed by atoms with Gasteiger partial charge >= 0.3 is 0 Å². The molecule has 2 amide bonds. The molecule has 0 aliphatic heterocycles. The lowest BCUT2D eigenvalue weighted by Gasteiger charge is -2.19. The molecule has 4 heterocycles. The smallest absolute Gasteiger partial charge is 0.270 e. The molecule has 0 saturated carbocycles. The van der Waals surface area contributed by atoms with Crippen molar-refractivity contribution in [2.24, 2.45) is 0 Å². The molecule has 12 heteroatoms. The monoisotopic (exact) mass is 522 g/mol. The molecule has 0 radical (unpaired) electrons. The van der Waals surface area contributed by atoms with Crippen LogP contribution in [-0.2, 0) is 5.41 Å². The Hall–Kier alpha value is -3.83. The number of rotatable bonds is 6. The van der Waals surface area contributed by atoms with Crippen molar-refractivity contribution in [2.75, 3.05) is 5.32 Å². The van der Waals surface area contributed by atoms with E-state index in [1.807, 2.05) is 20.8 Å². The van der Waals surface area contributed by atoms with E-state index in [2.05, 4.69) is 40.5 Å². The van der Waals surface area contributed by atoms with Crippen molar-refractivity contribution in [2.45, 2.75) is 39.2 Å². The van der Waals surface area contributed by atoms with Gasteiger partial charge in [0.1, 0.15) is 21.9 Å². The lowest BCUT2D eigenvalue weighted by Crippen LogP contribution is -2.27. The molecular weight excluding hydrogens is 500 g/mol. The molecule has 1 atom stereocenters. The summed E-state index contributed by atoms with van der Waals surface area (Å²) < 4.78 is 0. The maximum Gasteiger partial charge on any atom is 0.270 e. The number of carbonyl (C=O) groups excluding carboxylic acids is 2. The Bertz CT molecular complexity index is 1400. The number of carbonyl (C=O) groups is 2. The number of halogens is 1. The summed E-state index contributed by atoms with van der Waals surface area (Å²) in [5, 5.41) is 6.53. The molecule has 0 saturated heterocycles. The number of pyridine rings is 1. The Balaban J connectivity index is 1.43. The van der Waals surface area contributed by atoms with Crippen LogP contribution in [0.5, 0.6) is 0 Å². The first-order valence-corrected chi connectivity index (χ1v) is 12.1. The molecule has 0 fully saturated rings. The van der Waals surface area contributed by atoms with Crippen LogP contribution in [0.15, 0.2) is 49.3 Å². The summed E-state index contributed by atoms with van der Waals surface area (Å²) in [4.78, 5) is 51.0. The number of amides is 2. The second kappa shape index (κ2) is 10.4. The van der Waals surface area contributed by atoms with Crippen LogP contribution in [0.25, 0.3) is 11.3 Å². The van der Waals surface area contributed by atoms with Gasteiger partial charge in [0.05, 0.1) is 34.8 Å². The van der Waals surface area contributed by atoms with Crippen molar-refractivity contribution < 1.29 is 9.59 Å². The zero-order valence-corrected chi connectivity index (χ0v) is 21.6. The van der Waals surface area contributed by atoms with E-state index in [0.29, 0.717) is 26.3 Å². The fourth-order valence-electron chi connectivity index (χ4n) is 3.20. The van der Waals surface area contributed by atoms with Gasteiger partial charge in [-0.2, -0.15) is 0 Å². The van der Waals surface area contributed by atoms with Crippen LogP contribution in [0.4, 0.5) is 5.95 Å². The van der Waals surface area contributed by atoms with Gasteiger partial charge in [-0.15, -0.1) is 11.3 Å². The Morgan fingerprint density at radius 1 is 1.03 bits per heavy atom. The van der Waals surface area contributed by atoms with E-state index in [0.717, 1.165) is 16.9 Å². The molecule has 2 N–H and O–H groups in total. The van der Waals surface area contributed by atoms with Crippen molar-refractivity contribution in [1.29, 1.82) is 0 Å². The summed E-state index contributed by atoms with van der Waals surface area (Å²) >= 11 is 7.37. The molecule has 1 unspecified atom stereocenters. The van der Waals surface area contributed by atoms with Crippen LogP contribution < -0.4 is 10.6 Å². The number of hydrogen-bond acceptors (Lipinski definition) is 9. The maximum atomic E-state index is 12.8. The molecule has 0 aliphatic carbocycles. The van der Waals surface area contributed by atoms with Crippen molar-refractivity contribution in [3.63, 3.8) is 0 Å². The van der Waals surface area contributed by atoms with Gasteiger partial charge in [0, 0.05) is 23.4 Å². The minimum Gasteiger partial charge on any atom is -0.342 e. The van der Waals surface area contributed by atoms with Gasteiger partial charge in [-0.25, -0.2) is 24.9 Å². The molecule has 0 aliphatic rings. The first-order chi connectivity index (χ1) is 17.1. The predicted octanol–water partition coefficient (Wildman–Crippen LogP) is 4.48. The third-order valence-corrected chi connectivity index (χ3v) is 6.48. The molecule has 4 aromatic rings. The van der Waals surface area contributed by atoms with Crippen molar-refractivity contribution in [3.8, 4) is 11.3 Å². The summed E-state index contributed by atoms with van der Waals surface area (Å²) in [5.74, 6) is -0.637. The third kappa shape index (κ3) is 5.86. The van der Waals surface area contributed by atoms with Gasteiger partial charge in [0.2, 0.25) is 5.95 Å². The van der Waals surface area contributed by atoms with E-state index in [9.17, 15) is 9.59 Å². The van der Waals surface area contributed by atoms with E-state index in [1.54, 1.807) is 37.5 Å². The average Bonchev–Trinajstić information content (AvgIpc) is 3.36. The predicted molar refractivity (Wildman–Crippen MR) is 137 cm³/mol. The van der Waals surface area contributed by atoms with Crippen LogP contribution in [0.1, 0.15) is 64.6 Å². The van der Waals surface area contributed by atoms with Gasteiger partial charge < -0.3 is 5.32 Å². The highest BCUT2D eigenvalue weighted by Gasteiger charge is 2.22. The average molecular weight is 523 g/mol. The molecule has 0 bridgehead atoms. The minimum absolute atomic E-state index is 0.152. The second-order valence-corrected chi connectivity index (χ2v) is 10.3. The lowest BCUT2D eigenvalue weighted by molar-refractivity contribution is 0.0934. The number of nitrogens with one attached hydrogen (secondary N) is 2. The van der Waals surface area contributed by atoms with Gasteiger partial charge in [-0.3, -0.25) is 19.9 Å². The standard InChI is InChI=1S/C24H23ClN8O2S/c1-13(31-20(34)17-9-16(29-12-30-17)14-5-7-26-8-6-14)22-27-11-18(36-22)21(35)33-23-28-10-15(25)19(32-23)24(2,3)4/h5-13H,1-4H3,(H,31,34)(H,28,32,33,35). The van der Waals surface area contributed by atoms with Gasteiger partial charge in [0.15, 0.2) is 0 Å². The summed E-state index contributed by atoms with van der Waals surface area (Å²) in [7, 11) is 0. The summed E-state index contributed by atoms with van der Waals surface area (Å²) in [6, 6.07) is 4.75. The van der Waals surface area contributed by atoms with Gasteiger partial charge in [-0.05, 0) is 25.1 Å². The van der Waals surface area contributed by atoms with Crippen LogP contribution in [-0.4, -0.2) is 41.7 Å². The number of anilines is 1. The molecular formula is C24H23ClN8O2S. The Morgan fingerprint density at radius 2 is 1.78 bits per heavy atom. The Labute approximate surface area is 216 Å². The van der Waals surface area contributed by atoms with Crippen molar-refractivity contribution in [3.05, 3.63) is 75.6 Å². The normalized spacial score (nSPS) is 12.1. The molecule has 4 aromatic heterocycles. The van der Waals surface area contributed by atoms with Crippen molar-refractivity contribution in [1.82, 2.24) is 35.2 Å². The number of nitrogens with zero attached hydrogens (tertiary/aromatic N) is 6. The highest BCUT2D eigenvalue weighted by atomic mass is 35.5. The maximum absolute atomic E-state index is 12.8. The van der Waals surface area contributed by atoms with Crippen LogP contribution in [0.2, 0.25) is 5.02 Å². The molecule has 0 spiro atoms. The number of aromatic nitrogens is 6. The van der Waals surface area contributed by atoms with Crippen molar-refractivity contribution >= 4 is 40.7 Å². The van der Waals surface area contributed by atoms with E-state index >= 15 is 0 Å². The van der Waals surface area contributed by atoms with E-state index in [4.69, 9.17) is 11.6 Å². The largest absolute Gasteiger partial charge is 0.342 e. The third-order valence-electron chi connectivity index (χ3n) is 5.02.